The number of hydrogen-bond donors (Lipinski definition) is 1. The smallest absolute Gasteiger partial charge is 0.261 e. The zero-order valence-corrected chi connectivity index (χ0v) is 13.9. The van der Waals surface area contributed by atoms with E-state index in [2.05, 4.69) is 26.1 Å². The molecule has 21 heavy (non-hydrogen) atoms. The molecule has 4 heteroatoms. The lowest BCUT2D eigenvalue weighted by Gasteiger charge is -2.21. The van der Waals surface area contributed by atoms with Gasteiger partial charge in [-0.25, -0.2) is 0 Å². The van der Waals surface area contributed by atoms with Crippen molar-refractivity contribution in [2.24, 2.45) is 0 Å². The van der Waals surface area contributed by atoms with Gasteiger partial charge in [0.05, 0.1) is 6.61 Å². The van der Waals surface area contributed by atoms with E-state index in [1.54, 1.807) is 14.0 Å². The number of nitrogens with one attached hydrogen (secondary N) is 1. The van der Waals surface area contributed by atoms with Crippen LogP contribution in [0.4, 0.5) is 0 Å². The lowest BCUT2D eigenvalue weighted by Crippen LogP contribution is -2.43. The van der Waals surface area contributed by atoms with Crippen molar-refractivity contribution in [3.8, 4) is 5.75 Å². The van der Waals surface area contributed by atoms with Crippen molar-refractivity contribution in [3.63, 3.8) is 0 Å². The normalized spacial score (nSPS) is 14.4. The van der Waals surface area contributed by atoms with Gasteiger partial charge < -0.3 is 14.8 Å². The van der Waals surface area contributed by atoms with E-state index in [0.29, 0.717) is 12.4 Å². The van der Waals surface area contributed by atoms with E-state index >= 15 is 0 Å². The van der Waals surface area contributed by atoms with Crippen LogP contribution in [0.1, 0.15) is 40.2 Å². The lowest BCUT2D eigenvalue weighted by molar-refractivity contribution is -0.128. The number of rotatable bonds is 6. The van der Waals surface area contributed by atoms with Gasteiger partial charge in [-0.1, -0.05) is 32.9 Å². The number of carbonyl (C=O) groups excluding carboxylic acids is 1. The van der Waals surface area contributed by atoms with Crippen molar-refractivity contribution in [1.29, 1.82) is 0 Å². The molecule has 1 amide bonds. The van der Waals surface area contributed by atoms with Crippen LogP contribution in [-0.4, -0.2) is 31.8 Å². The van der Waals surface area contributed by atoms with Crippen molar-refractivity contribution >= 4 is 5.91 Å². The van der Waals surface area contributed by atoms with E-state index in [0.717, 1.165) is 0 Å². The minimum atomic E-state index is -0.537. The summed E-state index contributed by atoms with van der Waals surface area (Å²) >= 11 is 0. The highest BCUT2D eigenvalue weighted by Crippen LogP contribution is 2.24. The fourth-order valence-electron chi connectivity index (χ4n) is 1.94. The molecule has 0 bridgehead atoms. The van der Waals surface area contributed by atoms with Gasteiger partial charge >= 0.3 is 0 Å². The molecule has 0 aliphatic heterocycles. The molecule has 0 unspecified atom stereocenters. The summed E-state index contributed by atoms with van der Waals surface area (Å²) in [5.74, 6) is 0.560. The van der Waals surface area contributed by atoms with Crippen LogP contribution < -0.4 is 10.1 Å². The van der Waals surface area contributed by atoms with Crippen molar-refractivity contribution in [2.45, 2.75) is 52.2 Å². The van der Waals surface area contributed by atoms with Gasteiger partial charge in [-0.05, 0) is 37.0 Å². The van der Waals surface area contributed by atoms with Crippen LogP contribution in [0.5, 0.6) is 5.75 Å². The van der Waals surface area contributed by atoms with E-state index < -0.39 is 6.10 Å². The molecule has 0 aliphatic rings. The van der Waals surface area contributed by atoms with Gasteiger partial charge in [-0.15, -0.1) is 0 Å². The second kappa shape index (κ2) is 7.46. The molecule has 4 nitrogen and oxygen atoms in total. The van der Waals surface area contributed by atoms with Gasteiger partial charge in [-0.2, -0.15) is 0 Å². The van der Waals surface area contributed by atoms with Crippen molar-refractivity contribution in [2.75, 3.05) is 13.7 Å². The Morgan fingerprint density at radius 2 is 1.76 bits per heavy atom. The van der Waals surface area contributed by atoms with E-state index in [-0.39, 0.29) is 17.4 Å². The summed E-state index contributed by atoms with van der Waals surface area (Å²) in [6, 6.07) is 7.85. The van der Waals surface area contributed by atoms with Gasteiger partial charge in [0, 0.05) is 13.2 Å². The number of methoxy groups -OCH3 is 1. The minimum absolute atomic E-state index is 0.0307. The van der Waals surface area contributed by atoms with Crippen LogP contribution in [0, 0.1) is 0 Å². The Bertz CT molecular complexity index is 448. The van der Waals surface area contributed by atoms with Crippen LogP contribution in [0.15, 0.2) is 24.3 Å². The third kappa shape index (κ3) is 5.76. The predicted molar refractivity (Wildman–Crippen MR) is 84.7 cm³/mol. The van der Waals surface area contributed by atoms with Crippen molar-refractivity contribution in [1.82, 2.24) is 5.32 Å². The molecule has 2 atom stereocenters. The highest BCUT2D eigenvalue weighted by atomic mass is 16.5. The average molecular weight is 293 g/mol. The summed E-state index contributed by atoms with van der Waals surface area (Å²) in [6.45, 7) is 10.6. The largest absolute Gasteiger partial charge is 0.481 e. The number of amides is 1. The Labute approximate surface area is 127 Å². The van der Waals surface area contributed by atoms with Crippen LogP contribution in [0.2, 0.25) is 0 Å². The minimum Gasteiger partial charge on any atom is -0.481 e. The molecule has 1 N–H and O–H groups in total. The van der Waals surface area contributed by atoms with E-state index in [1.807, 2.05) is 31.2 Å². The summed E-state index contributed by atoms with van der Waals surface area (Å²) in [6.07, 6.45) is -0.537. The number of ether oxygens (including phenoxy) is 2. The van der Waals surface area contributed by atoms with Crippen LogP contribution >= 0.6 is 0 Å². The van der Waals surface area contributed by atoms with Gasteiger partial charge in [0.15, 0.2) is 6.10 Å². The molecular weight excluding hydrogens is 266 g/mol. The molecule has 0 aliphatic carbocycles. The second-order valence-corrected chi connectivity index (χ2v) is 6.40. The zero-order chi connectivity index (χ0) is 16.0. The monoisotopic (exact) mass is 293 g/mol. The van der Waals surface area contributed by atoms with E-state index in [9.17, 15) is 4.79 Å². The first-order valence-electron chi connectivity index (χ1n) is 7.30. The number of hydrogen-bond acceptors (Lipinski definition) is 3. The zero-order valence-electron chi connectivity index (χ0n) is 13.9. The molecule has 0 heterocycles. The maximum atomic E-state index is 12.0. The Kier molecular flexibility index (Phi) is 6.21. The maximum absolute atomic E-state index is 12.0. The summed E-state index contributed by atoms with van der Waals surface area (Å²) in [5.41, 5.74) is 1.34. The molecule has 0 saturated carbocycles. The topological polar surface area (TPSA) is 47.6 Å². The van der Waals surface area contributed by atoms with Crippen molar-refractivity contribution in [3.05, 3.63) is 29.8 Å². The maximum Gasteiger partial charge on any atom is 0.261 e. The standard InChI is InChI=1S/C17H27NO3/c1-12(11-20-6)18-16(19)13(2)21-15-9-7-14(8-10-15)17(3,4)5/h7-10,12-13H,11H2,1-6H3,(H,18,19)/t12-,13+/m0/s1. The van der Waals surface area contributed by atoms with Crippen LogP contribution in [0.3, 0.4) is 0 Å². The van der Waals surface area contributed by atoms with Gasteiger partial charge in [0.1, 0.15) is 5.75 Å². The Morgan fingerprint density at radius 3 is 2.24 bits per heavy atom. The highest BCUT2D eigenvalue weighted by Gasteiger charge is 2.18. The summed E-state index contributed by atoms with van der Waals surface area (Å²) in [5, 5.41) is 2.85. The predicted octanol–water partition coefficient (Wildman–Crippen LogP) is 2.90. The Balaban J connectivity index is 2.58. The SMILES string of the molecule is COC[C@H](C)NC(=O)[C@@H](C)Oc1ccc(C(C)(C)C)cc1. The average Bonchev–Trinajstić information content (AvgIpc) is 2.38. The summed E-state index contributed by atoms with van der Waals surface area (Å²) < 4.78 is 10.7. The third-order valence-electron chi connectivity index (χ3n) is 3.21. The third-order valence-corrected chi connectivity index (χ3v) is 3.21. The molecule has 0 fully saturated rings. The van der Waals surface area contributed by atoms with Crippen LogP contribution in [-0.2, 0) is 14.9 Å². The molecule has 0 aromatic heterocycles. The molecule has 1 aromatic carbocycles. The second-order valence-electron chi connectivity index (χ2n) is 6.40. The molecule has 1 aromatic rings. The Morgan fingerprint density at radius 1 is 1.19 bits per heavy atom. The number of carbonyl (C=O) groups is 1. The molecule has 0 spiro atoms. The highest BCUT2D eigenvalue weighted by molar-refractivity contribution is 5.80. The first-order chi connectivity index (χ1) is 9.74. The molecule has 1 rings (SSSR count). The van der Waals surface area contributed by atoms with Gasteiger partial charge in [0.2, 0.25) is 0 Å². The molecule has 0 saturated heterocycles. The van der Waals surface area contributed by atoms with Gasteiger partial charge in [0.25, 0.3) is 5.91 Å². The van der Waals surface area contributed by atoms with Gasteiger partial charge in [-0.3, -0.25) is 4.79 Å². The quantitative estimate of drug-likeness (QED) is 0.877. The molecule has 118 valence electrons. The first-order valence-corrected chi connectivity index (χ1v) is 7.30. The summed E-state index contributed by atoms with van der Waals surface area (Å²) in [7, 11) is 1.61. The first kappa shape index (κ1) is 17.5. The van der Waals surface area contributed by atoms with E-state index in [4.69, 9.17) is 9.47 Å². The van der Waals surface area contributed by atoms with Crippen LogP contribution in [0.25, 0.3) is 0 Å². The fraction of sp³-hybridized carbons (Fsp3) is 0.588. The molecular formula is C17H27NO3. The Hall–Kier alpha value is -1.55. The van der Waals surface area contributed by atoms with Crippen molar-refractivity contribution < 1.29 is 14.3 Å². The molecule has 0 radical (unpaired) electrons. The lowest BCUT2D eigenvalue weighted by atomic mass is 9.87. The summed E-state index contributed by atoms with van der Waals surface area (Å²) in [4.78, 5) is 12.0. The fourth-order valence-corrected chi connectivity index (χ4v) is 1.94. The van der Waals surface area contributed by atoms with E-state index in [1.165, 1.54) is 5.56 Å². The number of benzene rings is 1.